The number of hydrogen-bond acceptors (Lipinski definition) is 7. The summed E-state index contributed by atoms with van der Waals surface area (Å²) in [6, 6.07) is 22.3. The first-order chi connectivity index (χ1) is 22.5. The molecule has 5 atom stereocenters. The molecule has 3 aromatic rings. The number of amides is 3. The zero-order valence-electron chi connectivity index (χ0n) is 27.0. The van der Waals surface area contributed by atoms with Gasteiger partial charge in [0.1, 0.15) is 5.75 Å². The van der Waals surface area contributed by atoms with Gasteiger partial charge in [-0.15, -0.1) is 0 Å². The summed E-state index contributed by atoms with van der Waals surface area (Å²) in [5.41, 5.74) is 0.543. The Balaban J connectivity index is 1.34. The molecule has 3 aromatic carbocycles. The first kappa shape index (κ1) is 31.4. The Morgan fingerprint density at radius 1 is 1.02 bits per heavy atom. The number of anilines is 3. The molecule has 2 fully saturated rings. The van der Waals surface area contributed by atoms with E-state index in [4.69, 9.17) is 9.47 Å². The maximum absolute atomic E-state index is 14.9. The van der Waals surface area contributed by atoms with E-state index < -0.39 is 29.1 Å². The van der Waals surface area contributed by atoms with Gasteiger partial charge in [0.25, 0.3) is 11.8 Å². The van der Waals surface area contributed by atoms with Crippen molar-refractivity contribution in [1.29, 1.82) is 0 Å². The Morgan fingerprint density at radius 2 is 1.77 bits per heavy atom. The van der Waals surface area contributed by atoms with Gasteiger partial charge in [-0.25, -0.2) is 0 Å². The van der Waals surface area contributed by atoms with Crippen molar-refractivity contribution in [2.75, 3.05) is 29.6 Å². The molecule has 10 heteroatoms. The summed E-state index contributed by atoms with van der Waals surface area (Å²) in [6.07, 6.45) is 0.730. The summed E-state index contributed by atoms with van der Waals surface area (Å²) >= 11 is 0. The van der Waals surface area contributed by atoms with Crippen LogP contribution in [0.5, 0.6) is 5.75 Å². The average molecular weight is 640 g/mol. The van der Waals surface area contributed by atoms with Crippen LogP contribution >= 0.6 is 0 Å². The molecular formula is C37H41N3O7. The summed E-state index contributed by atoms with van der Waals surface area (Å²) in [5, 5.41) is 21.5. The summed E-state index contributed by atoms with van der Waals surface area (Å²) in [5.74, 6) is -1.22. The van der Waals surface area contributed by atoms with Crippen molar-refractivity contribution in [3.8, 4) is 5.75 Å². The molecule has 0 unspecified atom stereocenters. The second-order valence-corrected chi connectivity index (χ2v) is 13.7. The molecule has 4 aliphatic rings. The van der Waals surface area contributed by atoms with Crippen LogP contribution in [0.4, 0.5) is 17.1 Å². The van der Waals surface area contributed by atoms with Crippen LogP contribution in [-0.4, -0.2) is 70.3 Å². The molecule has 7 rings (SSSR count). The number of hydrogen-bond donors (Lipinski definition) is 2. The third-order valence-corrected chi connectivity index (χ3v) is 10.4. The Morgan fingerprint density at radius 3 is 2.51 bits per heavy atom. The first-order valence-corrected chi connectivity index (χ1v) is 16.4. The van der Waals surface area contributed by atoms with Crippen LogP contribution in [0.2, 0.25) is 0 Å². The van der Waals surface area contributed by atoms with E-state index in [-0.39, 0.29) is 43.4 Å². The van der Waals surface area contributed by atoms with Crippen LogP contribution in [-0.2, 0) is 31.3 Å². The monoisotopic (exact) mass is 639 g/mol. The van der Waals surface area contributed by atoms with Gasteiger partial charge in [0.15, 0.2) is 12.2 Å². The fraction of sp³-hybridized carbons (Fsp3) is 0.432. The zero-order chi connectivity index (χ0) is 33.1. The van der Waals surface area contributed by atoms with Crippen LogP contribution in [0.1, 0.15) is 51.2 Å². The SMILES string of the molecule is C[C@@H]1[C@@H](C(C)(C)O)[C@H](CC(=O)N2CCC[C@H]2CO)O[C@@]12C(=O)N(Cc1ccccc1)c1ccc(N3C(=O)COc4ccccc43)cc12. The van der Waals surface area contributed by atoms with E-state index in [2.05, 4.69) is 0 Å². The number of carbonyl (C=O) groups is 3. The molecule has 1 spiro atoms. The van der Waals surface area contributed by atoms with Crippen molar-refractivity contribution >= 4 is 34.8 Å². The van der Waals surface area contributed by atoms with Crippen LogP contribution in [0.15, 0.2) is 72.8 Å². The van der Waals surface area contributed by atoms with Crippen molar-refractivity contribution in [1.82, 2.24) is 4.90 Å². The number of para-hydroxylation sites is 2. The molecule has 246 valence electrons. The fourth-order valence-corrected chi connectivity index (χ4v) is 8.36. The molecule has 2 saturated heterocycles. The highest BCUT2D eigenvalue weighted by Crippen LogP contribution is 2.59. The minimum Gasteiger partial charge on any atom is -0.482 e. The smallest absolute Gasteiger partial charge is 0.269 e. The maximum atomic E-state index is 14.9. The van der Waals surface area contributed by atoms with Crippen LogP contribution in [0, 0.1) is 11.8 Å². The summed E-state index contributed by atoms with van der Waals surface area (Å²) < 4.78 is 12.6. The number of fused-ring (bicyclic) bond motifs is 3. The van der Waals surface area contributed by atoms with Gasteiger partial charge < -0.3 is 29.5 Å². The minimum absolute atomic E-state index is 0.0342. The number of aliphatic hydroxyl groups excluding tert-OH is 1. The minimum atomic E-state index is -1.52. The Hall–Kier alpha value is -4.25. The number of carbonyl (C=O) groups excluding carboxylic acids is 3. The Labute approximate surface area is 274 Å². The molecule has 10 nitrogen and oxygen atoms in total. The predicted molar refractivity (Wildman–Crippen MR) is 175 cm³/mol. The third-order valence-electron chi connectivity index (χ3n) is 10.4. The van der Waals surface area contributed by atoms with Gasteiger partial charge in [-0.05, 0) is 62.6 Å². The molecule has 2 N–H and O–H groups in total. The molecule has 4 heterocycles. The number of benzene rings is 3. The number of ether oxygens (including phenoxy) is 2. The molecule has 0 aromatic heterocycles. The van der Waals surface area contributed by atoms with Crippen LogP contribution in [0.3, 0.4) is 0 Å². The lowest BCUT2D eigenvalue weighted by Crippen LogP contribution is -2.46. The summed E-state index contributed by atoms with van der Waals surface area (Å²) in [6.45, 7) is 5.92. The summed E-state index contributed by atoms with van der Waals surface area (Å²) in [7, 11) is 0. The van der Waals surface area contributed by atoms with E-state index in [1.54, 1.807) is 28.5 Å². The maximum Gasteiger partial charge on any atom is 0.269 e. The van der Waals surface area contributed by atoms with E-state index >= 15 is 0 Å². The normalized spacial score (nSPS) is 27.0. The Bertz CT molecular complexity index is 1710. The van der Waals surface area contributed by atoms with Gasteiger partial charge in [-0.3, -0.25) is 19.3 Å². The molecule has 47 heavy (non-hydrogen) atoms. The Kier molecular flexibility index (Phi) is 7.85. The van der Waals surface area contributed by atoms with Crippen molar-refractivity contribution in [2.24, 2.45) is 11.8 Å². The molecule has 0 radical (unpaired) electrons. The van der Waals surface area contributed by atoms with E-state index in [1.807, 2.05) is 79.7 Å². The van der Waals surface area contributed by atoms with Gasteiger partial charge in [0.2, 0.25) is 5.91 Å². The highest BCUT2D eigenvalue weighted by Gasteiger charge is 2.66. The van der Waals surface area contributed by atoms with Crippen molar-refractivity contribution in [3.05, 3.63) is 83.9 Å². The quantitative estimate of drug-likeness (QED) is 0.396. The van der Waals surface area contributed by atoms with Crippen molar-refractivity contribution < 1.29 is 34.1 Å². The first-order valence-electron chi connectivity index (χ1n) is 16.4. The van der Waals surface area contributed by atoms with Crippen LogP contribution < -0.4 is 14.5 Å². The fourth-order valence-electron chi connectivity index (χ4n) is 8.36. The second-order valence-electron chi connectivity index (χ2n) is 13.7. The lowest BCUT2D eigenvalue weighted by molar-refractivity contribution is -0.150. The molecule has 0 saturated carbocycles. The van der Waals surface area contributed by atoms with E-state index in [0.717, 1.165) is 18.4 Å². The number of aliphatic hydroxyl groups is 2. The molecule has 4 aliphatic heterocycles. The third kappa shape index (κ3) is 5.10. The number of rotatable bonds is 7. The van der Waals surface area contributed by atoms with Gasteiger partial charge in [-0.1, -0.05) is 49.4 Å². The predicted octanol–water partition coefficient (Wildman–Crippen LogP) is 4.28. The molecule has 0 aliphatic carbocycles. The molecule has 0 bridgehead atoms. The highest BCUT2D eigenvalue weighted by atomic mass is 16.5. The highest BCUT2D eigenvalue weighted by molar-refractivity contribution is 6.09. The summed E-state index contributed by atoms with van der Waals surface area (Å²) in [4.78, 5) is 47.0. The largest absolute Gasteiger partial charge is 0.482 e. The standard InChI is InChI=1S/C37H41N3O7/c1-23-34(36(2,3)45)31(19-32(42)38-17-9-12-26(38)21-41)47-37(23)27-18-25(40-29-13-7-8-14-30(29)46-22-33(40)43)15-16-28(27)39(35(37)44)20-24-10-5-4-6-11-24/h4-8,10-11,13-16,18,23,26,31,34,41,45H,9,12,17,19-22H2,1-3H3/t23-,26+,31+,34-,37+/m1/s1. The van der Waals surface area contributed by atoms with E-state index in [1.165, 1.54) is 0 Å². The van der Waals surface area contributed by atoms with Gasteiger partial charge in [0.05, 0.1) is 48.7 Å². The lowest BCUT2D eigenvalue weighted by atomic mass is 9.70. The molecular weight excluding hydrogens is 598 g/mol. The zero-order valence-corrected chi connectivity index (χ0v) is 27.0. The van der Waals surface area contributed by atoms with E-state index in [0.29, 0.717) is 41.5 Å². The van der Waals surface area contributed by atoms with E-state index in [9.17, 15) is 24.6 Å². The number of likely N-dealkylation sites (tertiary alicyclic amines) is 1. The van der Waals surface area contributed by atoms with Crippen molar-refractivity contribution in [3.63, 3.8) is 0 Å². The second kappa shape index (κ2) is 11.8. The van der Waals surface area contributed by atoms with Gasteiger partial charge in [0, 0.05) is 29.6 Å². The average Bonchev–Trinajstić information content (AvgIpc) is 3.72. The topological polar surface area (TPSA) is 120 Å². The molecule has 3 amide bonds. The number of nitrogens with zero attached hydrogens (tertiary/aromatic N) is 3. The van der Waals surface area contributed by atoms with Crippen LogP contribution in [0.25, 0.3) is 0 Å². The lowest BCUT2D eigenvalue weighted by Gasteiger charge is -2.34. The van der Waals surface area contributed by atoms with Gasteiger partial charge in [-0.2, -0.15) is 0 Å². The van der Waals surface area contributed by atoms with Crippen molar-refractivity contribution in [2.45, 2.75) is 69.9 Å². The van der Waals surface area contributed by atoms with Gasteiger partial charge >= 0.3 is 0 Å².